The third-order valence-corrected chi connectivity index (χ3v) is 6.37. The van der Waals surface area contributed by atoms with Crippen LogP contribution in [0.3, 0.4) is 0 Å². The van der Waals surface area contributed by atoms with Gasteiger partial charge in [-0.25, -0.2) is 9.69 Å². The Morgan fingerprint density at radius 1 is 1.13 bits per heavy atom. The zero-order chi connectivity index (χ0) is 21.2. The van der Waals surface area contributed by atoms with Crippen LogP contribution in [0.5, 0.6) is 5.75 Å². The van der Waals surface area contributed by atoms with Crippen LogP contribution in [0.1, 0.15) is 42.5 Å². The first kappa shape index (κ1) is 19.7. The Kier molecular flexibility index (Phi) is 5.42. The van der Waals surface area contributed by atoms with E-state index < -0.39 is 0 Å². The molecular formula is C22H22N6O2S. The molecule has 2 aliphatic rings. The van der Waals surface area contributed by atoms with Crippen LogP contribution >= 0.6 is 11.8 Å². The van der Waals surface area contributed by atoms with Gasteiger partial charge < -0.3 is 4.74 Å². The quantitative estimate of drug-likeness (QED) is 0.529. The van der Waals surface area contributed by atoms with E-state index in [9.17, 15) is 4.79 Å². The molecule has 2 heterocycles. The largest absolute Gasteiger partial charge is 0.497 e. The average Bonchev–Trinajstić information content (AvgIpc) is 3.38. The van der Waals surface area contributed by atoms with Gasteiger partial charge in [0.15, 0.2) is 0 Å². The summed E-state index contributed by atoms with van der Waals surface area (Å²) in [4.78, 5) is 13.2. The number of aromatic nitrogens is 4. The Bertz CT molecular complexity index is 1090. The number of ether oxygens (including phenoxy) is 1. The van der Waals surface area contributed by atoms with E-state index in [-0.39, 0.29) is 17.7 Å². The number of amides is 1. The van der Waals surface area contributed by atoms with E-state index in [1.165, 1.54) is 11.8 Å². The second-order valence-electron chi connectivity index (χ2n) is 7.57. The SMILES string of the molecule is COc1ccc([C@@H]2CC(c3ccccc3)=NN2C(=O)CSc2nnnn2C2CC2)cc1. The molecule has 158 valence electrons. The number of hydrogen-bond acceptors (Lipinski definition) is 7. The molecule has 1 aliphatic carbocycles. The number of nitrogens with zero attached hydrogens (tertiary/aromatic N) is 6. The maximum Gasteiger partial charge on any atom is 0.253 e. The normalized spacial score (nSPS) is 18.2. The molecule has 0 spiro atoms. The predicted molar refractivity (Wildman–Crippen MR) is 117 cm³/mol. The standard InChI is InChI=1S/C22H22N6O2S/c1-30-18-11-7-16(8-12-18)20-13-19(15-5-3-2-4-6-15)24-28(20)21(29)14-31-22-23-25-26-27(22)17-9-10-17/h2-8,11-12,17,20H,9-10,13-14H2,1H3/t20-/m0/s1. The lowest BCUT2D eigenvalue weighted by atomic mass is 9.98. The molecule has 0 radical (unpaired) electrons. The summed E-state index contributed by atoms with van der Waals surface area (Å²) in [5.41, 5.74) is 2.96. The van der Waals surface area contributed by atoms with E-state index in [2.05, 4.69) is 15.5 Å². The maximum absolute atomic E-state index is 13.2. The van der Waals surface area contributed by atoms with Crippen LogP contribution in [0.2, 0.25) is 0 Å². The van der Waals surface area contributed by atoms with Crippen LogP contribution in [-0.2, 0) is 4.79 Å². The monoisotopic (exact) mass is 434 g/mol. The number of carbonyl (C=O) groups excluding carboxylic acids is 1. The molecule has 1 saturated carbocycles. The minimum Gasteiger partial charge on any atom is -0.497 e. The molecule has 5 rings (SSSR count). The van der Waals surface area contributed by atoms with Crippen molar-refractivity contribution < 1.29 is 9.53 Å². The first-order valence-electron chi connectivity index (χ1n) is 10.2. The molecule has 8 nitrogen and oxygen atoms in total. The summed E-state index contributed by atoms with van der Waals surface area (Å²) in [6.45, 7) is 0. The zero-order valence-electron chi connectivity index (χ0n) is 17.1. The summed E-state index contributed by atoms with van der Waals surface area (Å²) in [5.74, 6) is 0.944. The third kappa shape index (κ3) is 4.18. The van der Waals surface area contributed by atoms with Crippen LogP contribution in [0.15, 0.2) is 64.9 Å². The van der Waals surface area contributed by atoms with E-state index in [1.54, 1.807) is 12.1 Å². The molecule has 2 aromatic carbocycles. The van der Waals surface area contributed by atoms with Crippen molar-refractivity contribution in [3.8, 4) is 5.75 Å². The van der Waals surface area contributed by atoms with Crippen LogP contribution in [0, 0.1) is 0 Å². The lowest BCUT2D eigenvalue weighted by Gasteiger charge is -2.22. The summed E-state index contributed by atoms with van der Waals surface area (Å²) in [7, 11) is 1.64. The molecular weight excluding hydrogens is 412 g/mol. The first-order chi connectivity index (χ1) is 15.2. The number of tetrazole rings is 1. The van der Waals surface area contributed by atoms with Crippen LogP contribution in [-0.4, -0.2) is 49.7 Å². The summed E-state index contributed by atoms with van der Waals surface area (Å²) in [6.07, 6.45) is 2.83. The number of hydrogen-bond donors (Lipinski definition) is 0. The number of thioether (sulfide) groups is 1. The highest BCUT2D eigenvalue weighted by Gasteiger charge is 2.34. The molecule has 0 unspecified atom stereocenters. The first-order valence-corrected chi connectivity index (χ1v) is 11.2. The van der Waals surface area contributed by atoms with Crippen LogP contribution in [0.25, 0.3) is 0 Å². The Hall–Kier alpha value is -3.20. The summed E-state index contributed by atoms with van der Waals surface area (Å²) in [5, 5.41) is 18.9. The highest BCUT2D eigenvalue weighted by molar-refractivity contribution is 7.99. The molecule has 0 saturated heterocycles. The Morgan fingerprint density at radius 3 is 2.61 bits per heavy atom. The lowest BCUT2D eigenvalue weighted by Crippen LogP contribution is -2.28. The molecule has 1 aliphatic heterocycles. The molecule has 3 aromatic rings. The fourth-order valence-corrected chi connectivity index (χ4v) is 4.45. The van der Waals surface area contributed by atoms with Gasteiger partial charge in [-0.05, 0) is 46.5 Å². The average molecular weight is 435 g/mol. The zero-order valence-corrected chi connectivity index (χ0v) is 17.9. The molecule has 1 aromatic heterocycles. The Labute approximate surface area is 184 Å². The molecule has 31 heavy (non-hydrogen) atoms. The van der Waals surface area contributed by atoms with Crippen LogP contribution in [0.4, 0.5) is 0 Å². The molecule has 1 amide bonds. The number of carbonyl (C=O) groups is 1. The van der Waals surface area contributed by atoms with E-state index in [0.717, 1.165) is 35.4 Å². The highest BCUT2D eigenvalue weighted by atomic mass is 32.2. The van der Waals surface area contributed by atoms with E-state index in [1.807, 2.05) is 59.3 Å². The Balaban J connectivity index is 1.37. The minimum absolute atomic E-state index is 0.0675. The second kappa shape index (κ2) is 8.50. The van der Waals surface area contributed by atoms with E-state index in [4.69, 9.17) is 9.84 Å². The van der Waals surface area contributed by atoms with Crippen molar-refractivity contribution >= 4 is 23.4 Å². The van der Waals surface area contributed by atoms with Crippen molar-refractivity contribution in [2.24, 2.45) is 5.10 Å². The summed E-state index contributed by atoms with van der Waals surface area (Å²) < 4.78 is 7.10. The number of rotatable bonds is 7. The minimum atomic E-state index is -0.159. The van der Waals surface area contributed by atoms with Gasteiger partial charge in [0.1, 0.15) is 5.75 Å². The van der Waals surface area contributed by atoms with Gasteiger partial charge in [0.2, 0.25) is 5.16 Å². The fraction of sp³-hybridized carbons (Fsp3) is 0.318. The molecule has 9 heteroatoms. The number of hydrazone groups is 1. The number of benzene rings is 2. The van der Waals surface area contributed by atoms with Gasteiger partial charge in [-0.15, -0.1) is 5.10 Å². The topological polar surface area (TPSA) is 85.5 Å². The second-order valence-corrected chi connectivity index (χ2v) is 8.51. The molecule has 1 atom stereocenters. The van der Waals surface area contributed by atoms with Gasteiger partial charge in [0.25, 0.3) is 5.91 Å². The van der Waals surface area contributed by atoms with Crippen molar-refractivity contribution in [1.82, 2.24) is 25.2 Å². The lowest BCUT2D eigenvalue weighted by molar-refractivity contribution is -0.130. The fourth-order valence-electron chi connectivity index (χ4n) is 3.65. The van der Waals surface area contributed by atoms with Gasteiger partial charge in [0.05, 0.1) is 30.7 Å². The van der Waals surface area contributed by atoms with Crippen molar-refractivity contribution in [1.29, 1.82) is 0 Å². The van der Waals surface area contributed by atoms with E-state index in [0.29, 0.717) is 17.6 Å². The maximum atomic E-state index is 13.2. The Morgan fingerprint density at radius 2 is 1.90 bits per heavy atom. The smallest absolute Gasteiger partial charge is 0.253 e. The van der Waals surface area contributed by atoms with Crippen LogP contribution < -0.4 is 4.74 Å². The predicted octanol–water partition coefficient (Wildman–Crippen LogP) is 3.49. The van der Waals surface area contributed by atoms with Crippen molar-refractivity contribution in [3.63, 3.8) is 0 Å². The third-order valence-electron chi connectivity index (χ3n) is 5.45. The molecule has 1 fully saturated rings. The van der Waals surface area contributed by atoms with Crippen molar-refractivity contribution in [3.05, 3.63) is 65.7 Å². The van der Waals surface area contributed by atoms with E-state index >= 15 is 0 Å². The van der Waals surface area contributed by atoms with Gasteiger partial charge in [-0.2, -0.15) is 5.10 Å². The van der Waals surface area contributed by atoms with Gasteiger partial charge in [-0.3, -0.25) is 4.79 Å². The highest BCUT2D eigenvalue weighted by Crippen LogP contribution is 2.37. The van der Waals surface area contributed by atoms with Gasteiger partial charge >= 0.3 is 0 Å². The number of methoxy groups -OCH3 is 1. The van der Waals surface area contributed by atoms with Gasteiger partial charge in [-0.1, -0.05) is 54.2 Å². The van der Waals surface area contributed by atoms with Crippen molar-refractivity contribution in [2.45, 2.75) is 36.5 Å². The molecule has 0 bridgehead atoms. The van der Waals surface area contributed by atoms with Gasteiger partial charge in [0, 0.05) is 6.42 Å². The molecule has 0 N–H and O–H groups in total. The van der Waals surface area contributed by atoms with Crippen molar-refractivity contribution in [2.75, 3.05) is 12.9 Å². The summed E-state index contributed by atoms with van der Waals surface area (Å²) >= 11 is 1.36. The summed E-state index contributed by atoms with van der Waals surface area (Å²) in [6, 6.07) is 18.0.